The van der Waals surface area contributed by atoms with E-state index in [0.29, 0.717) is 11.8 Å². The van der Waals surface area contributed by atoms with Gasteiger partial charge in [0.15, 0.2) is 0 Å². The molecule has 0 bridgehead atoms. The van der Waals surface area contributed by atoms with E-state index in [0.717, 1.165) is 24.2 Å². The molecule has 1 aliphatic rings. The summed E-state index contributed by atoms with van der Waals surface area (Å²) in [5.74, 6) is 0.956. The SMILES string of the molecule is CC(C)C1CCNc2ccc(F)cc21. The summed E-state index contributed by atoms with van der Waals surface area (Å²) in [6, 6.07) is 5.04. The summed E-state index contributed by atoms with van der Waals surface area (Å²) in [6.45, 7) is 5.40. The highest BCUT2D eigenvalue weighted by molar-refractivity contribution is 5.55. The van der Waals surface area contributed by atoms with E-state index >= 15 is 0 Å². The van der Waals surface area contributed by atoms with Gasteiger partial charge in [0.25, 0.3) is 0 Å². The van der Waals surface area contributed by atoms with Gasteiger partial charge in [0.2, 0.25) is 0 Å². The van der Waals surface area contributed by atoms with Gasteiger partial charge in [-0.15, -0.1) is 0 Å². The van der Waals surface area contributed by atoms with Crippen LogP contribution < -0.4 is 5.32 Å². The molecular weight excluding hydrogens is 177 g/mol. The van der Waals surface area contributed by atoms with Crippen molar-refractivity contribution in [2.45, 2.75) is 26.2 Å². The smallest absolute Gasteiger partial charge is 0.123 e. The van der Waals surface area contributed by atoms with Crippen molar-refractivity contribution < 1.29 is 4.39 Å². The number of rotatable bonds is 1. The van der Waals surface area contributed by atoms with Gasteiger partial charge in [-0.05, 0) is 42.0 Å². The van der Waals surface area contributed by atoms with Crippen LogP contribution in [0.1, 0.15) is 31.7 Å². The van der Waals surface area contributed by atoms with E-state index in [2.05, 4.69) is 19.2 Å². The molecule has 1 aromatic rings. The van der Waals surface area contributed by atoms with E-state index in [1.165, 1.54) is 6.07 Å². The minimum absolute atomic E-state index is 0.127. The molecule has 76 valence electrons. The van der Waals surface area contributed by atoms with Gasteiger partial charge in [-0.3, -0.25) is 0 Å². The molecule has 0 fully saturated rings. The molecule has 1 aliphatic heterocycles. The Morgan fingerprint density at radius 1 is 1.43 bits per heavy atom. The minimum atomic E-state index is -0.127. The fourth-order valence-corrected chi connectivity index (χ4v) is 2.21. The third kappa shape index (κ3) is 1.61. The normalized spacial score (nSPS) is 20.4. The number of halogens is 1. The molecule has 14 heavy (non-hydrogen) atoms. The van der Waals surface area contributed by atoms with Gasteiger partial charge in [-0.1, -0.05) is 13.8 Å². The van der Waals surface area contributed by atoms with E-state index in [1.807, 2.05) is 6.07 Å². The topological polar surface area (TPSA) is 12.0 Å². The quantitative estimate of drug-likeness (QED) is 0.721. The molecule has 1 N–H and O–H groups in total. The average Bonchev–Trinajstić information content (AvgIpc) is 2.16. The molecular formula is C12H16FN. The number of anilines is 1. The monoisotopic (exact) mass is 193 g/mol. The summed E-state index contributed by atoms with van der Waals surface area (Å²) in [5.41, 5.74) is 2.25. The average molecular weight is 193 g/mol. The minimum Gasteiger partial charge on any atom is -0.385 e. The Kier molecular flexibility index (Phi) is 2.44. The van der Waals surface area contributed by atoms with Crippen molar-refractivity contribution >= 4 is 5.69 Å². The number of fused-ring (bicyclic) bond motifs is 1. The fraction of sp³-hybridized carbons (Fsp3) is 0.500. The third-order valence-corrected chi connectivity index (χ3v) is 2.99. The van der Waals surface area contributed by atoms with E-state index in [4.69, 9.17) is 0 Å². The van der Waals surface area contributed by atoms with Crippen molar-refractivity contribution in [2.24, 2.45) is 5.92 Å². The van der Waals surface area contributed by atoms with Crippen LogP contribution in [-0.2, 0) is 0 Å². The lowest BCUT2D eigenvalue weighted by molar-refractivity contribution is 0.466. The Balaban J connectivity index is 2.41. The maximum atomic E-state index is 13.1. The van der Waals surface area contributed by atoms with Crippen LogP contribution in [0, 0.1) is 11.7 Å². The second-order valence-corrected chi connectivity index (χ2v) is 4.30. The van der Waals surface area contributed by atoms with Gasteiger partial charge < -0.3 is 5.32 Å². The first kappa shape index (κ1) is 9.50. The Hall–Kier alpha value is -1.05. The highest BCUT2D eigenvalue weighted by Gasteiger charge is 2.22. The molecule has 1 atom stereocenters. The van der Waals surface area contributed by atoms with Gasteiger partial charge in [0, 0.05) is 12.2 Å². The van der Waals surface area contributed by atoms with Crippen molar-refractivity contribution in [1.29, 1.82) is 0 Å². The van der Waals surface area contributed by atoms with Crippen LogP contribution in [0.4, 0.5) is 10.1 Å². The molecule has 1 heterocycles. The highest BCUT2D eigenvalue weighted by Crippen LogP contribution is 2.36. The molecule has 0 amide bonds. The maximum Gasteiger partial charge on any atom is 0.123 e. The van der Waals surface area contributed by atoms with Gasteiger partial charge in [-0.25, -0.2) is 4.39 Å². The fourth-order valence-electron chi connectivity index (χ4n) is 2.21. The summed E-state index contributed by atoms with van der Waals surface area (Å²) in [4.78, 5) is 0. The van der Waals surface area contributed by atoms with E-state index in [1.54, 1.807) is 6.07 Å². The number of benzene rings is 1. The van der Waals surface area contributed by atoms with Crippen molar-refractivity contribution in [1.82, 2.24) is 0 Å². The molecule has 0 spiro atoms. The van der Waals surface area contributed by atoms with Crippen molar-refractivity contribution in [3.8, 4) is 0 Å². The predicted octanol–water partition coefficient (Wildman–Crippen LogP) is 3.38. The Morgan fingerprint density at radius 2 is 2.21 bits per heavy atom. The number of hydrogen-bond acceptors (Lipinski definition) is 1. The van der Waals surface area contributed by atoms with Gasteiger partial charge >= 0.3 is 0 Å². The molecule has 2 heteroatoms. The molecule has 1 aromatic carbocycles. The predicted molar refractivity (Wildman–Crippen MR) is 57.1 cm³/mol. The van der Waals surface area contributed by atoms with Crippen LogP contribution in [0.5, 0.6) is 0 Å². The first-order valence-electron chi connectivity index (χ1n) is 5.22. The van der Waals surface area contributed by atoms with Crippen LogP contribution in [0.2, 0.25) is 0 Å². The largest absolute Gasteiger partial charge is 0.385 e. The molecule has 0 saturated heterocycles. The summed E-state index contributed by atoms with van der Waals surface area (Å²) < 4.78 is 13.1. The first-order chi connectivity index (χ1) is 6.68. The highest BCUT2D eigenvalue weighted by atomic mass is 19.1. The van der Waals surface area contributed by atoms with Crippen LogP contribution in [0.25, 0.3) is 0 Å². The molecule has 0 radical (unpaired) electrons. The van der Waals surface area contributed by atoms with Gasteiger partial charge in [0.05, 0.1) is 0 Å². The summed E-state index contributed by atoms with van der Waals surface area (Å²) in [5, 5.41) is 3.31. The second-order valence-electron chi connectivity index (χ2n) is 4.30. The molecule has 0 aromatic heterocycles. The Bertz CT molecular complexity index is 333. The van der Waals surface area contributed by atoms with Crippen LogP contribution >= 0.6 is 0 Å². The van der Waals surface area contributed by atoms with E-state index in [-0.39, 0.29) is 5.82 Å². The first-order valence-corrected chi connectivity index (χ1v) is 5.22. The lowest BCUT2D eigenvalue weighted by Gasteiger charge is -2.29. The standard InChI is InChI=1S/C12H16FN/c1-8(2)10-5-6-14-12-4-3-9(13)7-11(10)12/h3-4,7-8,10,14H,5-6H2,1-2H3. The Morgan fingerprint density at radius 3 is 2.93 bits per heavy atom. The Labute approximate surface area is 84.3 Å². The number of hydrogen-bond donors (Lipinski definition) is 1. The van der Waals surface area contributed by atoms with Crippen LogP contribution in [-0.4, -0.2) is 6.54 Å². The molecule has 2 rings (SSSR count). The van der Waals surface area contributed by atoms with Gasteiger partial charge in [0.1, 0.15) is 5.82 Å². The molecule has 0 saturated carbocycles. The van der Waals surface area contributed by atoms with Gasteiger partial charge in [-0.2, -0.15) is 0 Å². The van der Waals surface area contributed by atoms with E-state index < -0.39 is 0 Å². The summed E-state index contributed by atoms with van der Waals surface area (Å²) in [6.07, 6.45) is 1.11. The van der Waals surface area contributed by atoms with E-state index in [9.17, 15) is 4.39 Å². The zero-order chi connectivity index (χ0) is 10.1. The lowest BCUT2D eigenvalue weighted by atomic mass is 9.83. The van der Waals surface area contributed by atoms with Crippen molar-refractivity contribution in [3.63, 3.8) is 0 Å². The van der Waals surface area contributed by atoms with Crippen molar-refractivity contribution in [3.05, 3.63) is 29.6 Å². The molecule has 1 nitrogen and oxygen atoms in total. The van der Waals surface area contributed by atoms with Crippen LogP contribution in [0.3, 0.4) is 0 Å². The summed E-state index contributed by atoms with van der Waals surface area (Å²) >= 11 is 0. The number of nitrogens with one attached hydrogen (secondary N) is 1. The molecule has 1 unspecified atom stereocenters. The molecule has 0 aliphatic carbocycles. The zero-order valence-electron chi connectivity index (χ0n) is 8.68. The summed E-state index contributed by atoms with van der Waals surface area (Å²) in [7, 11) is 0. The lowest BCUT2D eigenvalue weighted by Crippen LogP contribution is -2.20. The van der Waals surface area contributed by atoms with Crippen LogP contribution in [0.15, 0.2) is 18.2 Å². The van der Waals surface area contributed by atoms with Crippen molar-refractivity contribution in [2.75, 3.05) is 11.9 Å². The maximum absolute atomic E-state index is 13.1. The third-order valence-electron chi connectivity index (χ3n) is 2.99. The zero-order valence-corrected chi connectivity index (χ0v) is 8.68. The second kappa shape index (κ2) is 3.60.